The molecule has 1 fully saturated rings. The summed E-state index contributed by atoms with van der Waals surface area (Å²) in [5.41, 5.74) is 1.35. The van der Waals surface area contributed by atoms with Crippen LogP contribution in [-0.4, -0.2) is 49.3 Å². The molecule has 0 atom stereocenters. The van der Waals surface area contributed by atoms with Gasteiger partial charge in [0.2, 0.25) is 0 Å². The molecule has 1 saturated heterocycles. The normalized spacial score (nSPS) is 17.8. The maximum Gasteiger partial charge on any atom is 0.107 e. The molecule has 1 aliphatic heterocycles. The standard InChI is InChI=1S/C14H25N3OS/c1-14(2,3)12-11-19-13(16-12)10-15-4-5-17-6-8-18-9-7-17/h11,15H,4-10H2,1-3H3. The van der Waals surface area contributed by atoms with E-state index in [4.69, 9.17) is 4.74 Å². The number of hydrogen-bond donors (Lipinski definition) is 1. The van der Waals surface area contributed by atoms with E-state index in [0.717, 1.165) is 45.9 Å². The molecule has 4 nitrogen and oxygen atoms in total. The molecular formula is C14H25N3OS. The zero-order valence-corrected chi connectivity index (χ0v) is 13.1. The number of aromatic nitrogens is 1. The summed E-state index contributed by atoms with van der Waals surface area (Å²) in [5, 5.41) is 6.85. The highest BCUT2D eigenvalue weighted by Gasteiger charge is 2.17. The molecule has 1 aromatic heterocycles. The predicted molar refractivity (Wildman–Crippen MR) is 79.8 cm³/mol. The Balaban J connectivity index is 1.66. The molecule has 0 amide bonds. The zero-order valence-electron chi connectivity index (χ0n) is 12.2. The molecule has 1 aliphatic rings. The zero-order chi connectivity index (χ0) is 13.7. The Morgan fingerprint density at radius 3 is 2.74 bits per heavy atom. The van der Waals surface area contributed by atoms with Crippen molar-refractivity contribution in [1.29, 1.82) is 0 Å². The van der Waals surface area contributed by atoms with E-state index in [2.05, 4.69) is 41.4 Å². The third-order valence-electron chi connectivity index (χ3n) is 3.30. The van der Waals surface area contributed by atoms with E-state index in [9.17, 15) is 0 Å². The van der Waals surface area contributed by atoms with E-state index in [-0.39, 0.29) is 5.41 Å². The lowest BCUT2D eigenvalue weighted by Gasteiger charge is -2.26. The van der Waals surface area contributed by atoms with Crippen LogP contribution in [0.15, 0.2) is 5.38 Å². The van der Waals surface area contributed by atoms with Gasteiger partial charge in [0.1, 0.15) is 5.01 Å². The van der Waals surface area contributed by atoms with Crippen molar-refractivity contribution >= 4 is 11.3 Å². The number of nitrogens with one attached hydrogen (secondary N) is 1. The third kappa shape index (κ3) is 4.84. The van der Waals surface area contributed by atoms with Crippen molar-refractivity contribution in [2.45, 2.75) is 32.7 Å². The number of thiazole rings is 1. The summed E-state index contributed by atoms with van der Waals surface area (Å²) < 4.78 is 5.34. The van der Waals surface area contributed by atoms with Gasteiger partial charge in [-0.1, -0.05) is 20.8 Å². The highest BCUT2D eigenvalue weighted by molar-refractivity contribution is 7.09. The topological polar surface area (TPSA) is 37.4 Å². The summed E-state index contributed by atoms with van der Waals surface area (Å²) in [6, 6.07) is 0. The summed E-state index contributed by atoms with van der Waals surface area (Å²) in [7, 11) is 0. The fraction of sp³-hybridized carbons (Fsp3) is 0.786. The van der Waals surface area contributed by atoms with Gasteiger partial charge >= 0.3 is 0 Å². The van der Waals surface area contributed by atoms with Crippen LogP contribution in [-0.2, 0) is 16.7 Å². The van der Waals surface area contributed by atoms with E-state index in [0.29, 0.717) is 0 Å². The summed E-state index contributed by atoms with van der Waals surface area (Å²) >= 11 is 1.76. The second kappa shape index (κ2) is 6.79. The molecule has 108 valence electrons. The molecular weight excluding hydrogens is 258 g/mol. The molecule has 0 aromatic carbocycles. The van der Waals surface area contributed by atoms with Crippen molar-refractivity contribution < 1.29 is 4.74 Å². The summed E-state index contributed by atoms with van der Waals surface area (Å²) in [6.45, 7) is 13.5. The molecule has 1 N–H and O–H groups in total. The van der Waals surface area contributed by atoms with Gasteiger partial charge in [0.15, 0.2) is 0 Å². The second-order valence-corrected chi connectivity index (χ2v) is 6.95. The van der Waals surface area contributed by atoms with Gasteiger partial charge < -0.3 is 10.1 Å². The van der Waals surface area contributed by atoms with Crippen LogP contribution in [0.25, 0.3) is 0 Å². The number of morpholine rings is 1. The Hall–Kier alpha value is -0.490. The molecule has 0 aliphatic carbocycles. The lowest BCUT2D eigenvalue weighted by atomic mass is 9.93. The average Bonchev–Trinajstić information content (AvgIpc) is 2.85. The van der Waals surface area contributed by atoms with Crippen molar-refractivity contribution in [3.63, 3.8) is 0 Å². The smallest absolute Gasteiger partial charge is 0.107 e. The van der Waals surface area contributed by atoms with Gasteiger partial charge in [-0.05, 0) is 0 Å². The lowest BCUT2D eigenvalue weighted by molar-refractivity contribution is 0.0384. The van der Waals surface area contributed by atoms with Crippen LogP contribution in [0.1, 0.15) is 31.5 Å². The number of ether oxygens (including phenoxy) is 1. The Kier molecular flexibility index (Phi) is 5.33. The monoisotopic (exact) mass is 283 g/mol. The first kappa shape index (κ1) is 14.9. The van der Waals surface area contributed by atoms with Crippen LogP contribution in [0.4, 0.5) is 0 Å². The van der Waals surface area contributed by atoms with Gasteiger partial charge in [0, 0.05) is 43.5 Å². The SMILES string of the molecule is CC(C)(C)c1csc(CNCCN2CCOCC2)n1. The first-order valence-electron chi connectivity index (χ1n) is 7.01. The quantitative estimate of drug-likeness (QED) is 0.837. The van der Waals surface area contributed by atoms with Crippen molar-refractivity contribution in [2.75, 3.05) is 39.4 Å². The molecule has 0 unspecified atom stereocenters. The summed E-state index contributed by atoms with van der Waals surface area (Å²) in [6.07, 6.45) is 0. The van der Waals surface area contributed by atoms with E-state index in [1.807, 2.05) is 0 Å². The van der Waals surface area contributed by atoms with Crippen LogP contribution in [0.2, 0.25) is 0 Å². The Morgan fingerprint density at radius 2 is 2.11 bits per heavy atom. The summed E-state index contributed by atoms with van der Waals surface area (Å²) in [5.74, 6) is 0. The fourth-order valence-corrected chi connectivity index (χ4v) is 2.98. The maximum absolute atomic E-state index is 5.34. The molecule has 0 bridgehead atoms. The first-order chi connectivity index (χ1) is 9.05. The average molecular weight is 283 g/mol. The van der Waals surface area contributed by atoms with E-state index in [1.54, 1.807) is 11.3 Å². The summed E-state index contributed by atoms with van der Waals surface area (Å²) in [4.78, 5) is 7.13. The highest BCUT2D eigenvalue weighted by atomic mass is 32.1. The predicted octanol–water partition coefficient (Wildman–Crippen LogP) is 1.86. The fourth-order valence-electron chi connectivity index (χ4n) is 1.99. The molecule has 5 heteroatoms. The minimum Gasteiger partial charge on any atom is -0.379 e. The van der Waals surface area contributed by atoms with Crippen molar-refractivity contribution in [3.05, 3.63) is 16.1 Å². The first-order valence-corrected chi connectivity index (χ1v) is 7.89. The Labute approximate surface area is 120 Å². The van der Waals surface area contributed by atoms with Gasteiger partial charge in [0.05, 0.1) is 18.9 Å². The molecule has 2 rings (SSSR count). The van der Waals surface area contributed by atoms with Gasteiger partial charge in [-0.15, -0.1) is 11.3 Å². The minimum absolute atomic E-state index is 0.155. The van der Waals surface area contributed by atoms with Crippen LogP contribution >= 0.6 is 11.3 Å². The minimum atomic E-state index is 0.155. The van der Waals surface area contributed by atoms with E-state index >= 15 is 0 Å². The van der Waals surface area contributed by atoms with Crippen molar-refractivity contribution in [1.82, 2.24) is 15.2 Å². The second-order valence-electron chi connectivity index (χ2n) is 6.01. The number of nitrogens with zero attached hydrogens (tertiary/aromatic N) is 2. The largest absolute Gasteiger partial charge is 0.379 e. The maximum atomic E-state index is 5.34. The number of rotatable bonds is 5. The highest BCUT2D eigenvalue weighted by Crippen LogP contribution is 2.23. The lowest BCUT2D eigenvalue weighted by Crippen LogP contribution is -2.40. The van der Waals surface area contributed by atoms with Crippen molar-refractivity contribution in [2.24, 2.45) is 0 Å². The van der Waals surface area contributed by atoms with Gasteiger partial charge in [-0.2, -0.15) is 0 Å². The van der Waals surface area contributed by atoms with Crippen molar-refractivity contribution in [3.8, 4) is 0 Å². The van der Waals surface area contributed by atoms with Crippen LogP contribution in [0.5, 0.6) is 0 Å². The Bertz CT molecular complexity index is 380. The molecule has 0 radical (unpaired) electrons. The molecule has 0 saturated carbocycles. The van der Waals surface area contributed by atoms with E-state index < -0.39 is 0 Å². The van der Waals surface area contributed by atoms with Crippen LogP contribution in [0.3, 0.4) is 0 Å². The molecule has 19 heavy (non-hydrogen) atoms. The Morgan fingerprint density at radius 1 is 1.37 bits per heavy atom. The van der Waals surface area contributed by atoms with Crippen LogP contribution in [0, 0.1) is 0 Å². The molecule has 1 aromatic rings. The van der Waals surface area contributed by atoms with Crippen LogP contribution < -0.4 is 5.32 Å². The van der Waals surface area contributed by atoms with Gasteiger partial charge in [-0.3, -0.25) is 4.90 Å². The molecule has 0 spiro atoms. The molecule has 2 heterocycles. The van der Waals surface area contributed by atoms with E-state index in [1.165, 1.54) is 10.7 Å². The number of hydrogen-bond acceptors (Lipinski definition) is 5. The third-order valence-corrected chi connectivity index (χ3v) is 4.15. The van der Waals surface area contributed by atoms with Gasteiger partial charge in [0.25, 0.3) is 0 Å². The van der Waals surface area contributed by atoms with Gasteiger partial charge in [-0.25, -0.2) is 4.98 Å².